The Morgan fingerprint density at radius 2 is 1.33 bits per heavy atom. The molecule has 0 amide bonds. The lowest BCUT2D eigenvalue weighted by Gasteiger charge is -2.29. The minimum Gasteiger partial charge on any atom is -0.310 e. The van der Waals surface area contributed by atoms with Gasteiger partial charge < -0.3 is 9.80 Å². The Labute approximate surface area is 305 Å². The van der Waals surface area contributed by atoms with Crippen molar-refractivity contribution in [2.75, 3.05) is 9.80 Å². The first-order chi connectivity index (χ1) is 25.3. The van der Waals surface area contributed by atoms with Crippen LogP contribution in [0.25, 0.3) is 0 Å². The molecule has 3 heteroatoms. The molecule has 2 nitrogen and oxygen atoms in total. The highest BCUT2D eigenvalue weighted by Gasteiger charge is 2.42. The summed E-state index contributed by atoms with van der Waals surface area (Å²) >= 11 is 2.07. The Hall–Kier alpha value is -5.35. The molecule has 3 aromatic carbocycles. The van der Waals surface area contributed by atoms with Crippen LogP contribution in [-0.4, -0.2) is 5.25 Å². The molecule has 0 spiro atoms. The Bertz CT molecular complexity index is 2300. The minimum absolute atomic E-state index is 0.334. The van der Waals surface area contributed by atoms with Crippen molar-refractivity contribution in [3.05, 3.63) is 207 Å². The summed E-state index contributed by atoms with van der Waals surface area (Å²) in [5.41, 5.74) is 18.2. The molecule has 4 atom stereocenters. The predicted molar refractivity (Wildman–Crippen MR) is 209 cm³/mol. The van der Waals surface area contributed by atoms with E-state index in [9.17, 15) is 0 Å². The minimum atomic E-state index is 0.334. The number of thioether (sulfide) groups is 1. The van der Waals surface area contributed by atoms with E-state index in [0.717, 1.165) is 43.5 Å². The van der Waals surface area contributed by atoms with Gasteiger partial charge in [0, 0.05) is 45.0 Å². The molecule has 4 unspecified atom stereocenters. The summed E-state index contributed by atoms with van der Waals surface area (Å²) in [6, 6.07) is 34.5. The van der Waals surface area contributed by atoms with Crippen LogP contribution in [0.1, 0.15) is 50.0 Å². The average molecular weight is 673 g/mol. The van der Waals surface area contributed by atoms with Crippen molar-refractivity contribution >= 4 is 28.8 Å². The highest BCUT2D eigenvalue weighted by atomic mass is 32.2. The first kappa shape index (κ1) is 29.4. The standard InChI is InChI=1S/C48H36N2S/c1-3-11-35(12-4-1)49-43-17-9-7-15-37(43)40-27-31(20-24-44(40)49)32-21-25-45-41(28-32)42-29-33(22-26-46(42)50(45)36-13-5-2-6-14-36)34-19-23-39-38-16-8-10-18-47(38)51-48(39)30-34/h1-3,5,7-11,13,15-18,20,22,24,26,28,30,38,40,42,47H,19,21,23,25,27,29H2. The molecule has 0 radical (unpaired) electrons. The topological polar surface area (TPSA) is 6.48 Å². The summed E-state index contributed by atoms with van der Waals surface area (Å²) in [5, 5.41) is 0.569. The van der Waals surface area contributed by atoms with Gasteiger partial charge in [0.05, 0.1) is 17.1 Å². The number of hydrogen-bond acceptors (Lipinski definition) is 3. The molecule has 244 valence electrons. The van der Waals surface area contributed by atoms with Crippen molar-refractivity contribution < 1.29 is 0 Å². The van der Waals surface area contributed by atoms with E-state index in [2.05, 4.69) is 155 Å². The smallest absolute Gasteiger partial charge is 0.0971 e. The Balaban J connectivity index is 0.946. The third kappa shape index (κ3) is 4.62. The highest BCUT2D eigenvalue weighted by Crippen LogP contribution is 2.56. The van der Waals surface area contributed by atoms with Crippen LogP contribution in [0.15, 0.2) is 177 Å². The fraction of sp³-hybridized carbons (Fsp3) is 0.208. The van der Waals surface area contributed by atoms with Crippen LogP contribution in [0.5, 0.6) is 0 Å². The van der Waals surface area contributed by atoms with E-state index >= 15 is 0 Å². The Morgan fingerprint density at radius 1 is 0.627 bits per heavy atom. The first-order valence-electron chi connectivity index (χ1n) is 18.5. The molecule has 51 heavy (non-hydrogen) atoms. The number of benzene rings is 1. The zero-order valence-corrected chi connectivity index (χ0v) is 29.2. The van der Waals surface area contributed by atoms with Gasteiger partial charge in [0.1, 0.15) is 0 Å². The molecular weight excluding hydrogens is 637 g/mol. The van der Waals surface area contributed by atoms with Gasteiger partial charge in [-0.1, -0.05) is 85.0 Å². The van der Waals surface area contributed by atoms with Crippen LogP contribution in [-0.2, 0) is 0 Å². The molecule has 5 aliphatic carbocycles. The largest absolute Gasteiger partial charge is 0.310 e. The number of rotatable bonds is 4. The van der Waals surface area contributed by atoms with Crippen LogP contribution in [0.2, 0.25) is 0 Å². The lowest BCUT2D eigenvalue weighted by molar-refractivity contribution is 0.695. The molecule has 0 fully saturated rings. The van der Waals surface area contributed by atoms with Crippen LogP contribution < -0.4 is 9.80 Å². The van der Waals surface area contributed by atoms with E-state index in [1.54, 1.807) is 5.57 Å². The number of para-hydroxylation sites is 1. The monoisotopic (exact) mass is 672 g/mol. The van der Waals surface area contributed by atoms with E-state index in [1.165, 1.54) is 67.5 Å². The van der Waals surface area contributed by atoms with E-state index < -0.39 is 0 Å². The van der Waals surface area contributed by atoms with Gasteiger partial charge in [-0.15, -0.1) is 11.8 Å². The predicted octanol–water partition coefficient (Wildman–Crippen LogP) is 11.5. The second-order valence-corrected chi connectivity index (χ2v) is 15.9. The quantitative estimate of drug-likeness (QED) is 0.272. The molecule has 0 saturated carbocycles. The third-order valence-electron chi connectivity index (χ3n) is 12.1. The molecule has 0 bridgehead atoms. The molecule has 3 aromatic rings. The fourth-order valence-corrected chi connectivity index (χ4v) is 11.2. The van der Waals surface area contributed by atoms with Gasteiger partial charge in [-0.25, -0.2) is 0 Å². The maximum atomic E-state index is 3.45. The summed E-state index contributed by atoms with van der Waals surface area (Å²) in [5.74, 6) is 1.25. The summed E-state index contributed by atoms with van der Waals surface area (Å²) in [6.07, 6.45) is 30.5. The van der Waals surface area contributed by atoms with Gasteiger partial charge in [-0.2, -0.15) is 0 Å². The maximum Gasteiger partial charge on any atom is 0.0971 e. The molecule has 0 saturated heterocycles. The van der Waals surface area contributed by atoms with Gasteiger partial charge in [0.15, 0.2) is 0 Å². The zero-order chi connectivity index (χ0) is 33.5. The fourth-order valence-electron chi connectivity index (χ4n) is 9.76. The van der Waals surface area contributed by atoms with E-state index in [0.29, 0.717) is 23.0 Å². The van der Waals surface area contributed by atoms with Crippen LogP contribution >= 0.6 is 11.8 Å². The van der Waals surface area contributed by atoms with E-state index in [-0.39, 0.29) is 0 Å². The first-order valence-corrected chi connectivity index (χ1v) is 19.3. The van der Waals surface area contributed by atoms with Crippen molar-refractivity contribution in [1.82, 2.24) is 0 Å². The molecule has 8 aliphatic rings. The van der Waals surface area contributed by atoms with Gasteiger partial charge in [0.25, 0.3) is 0 Å². The number of fused-ring (bicyclic) bond motifs is 7. The van der Waals surface area contributed by atoms with E-state index in [4.69, 9.17) is 0 Å². The maximum absolute atomic E-state index is 3.45. The van der Waals surface area contributed by atoms with Gasteiger partial charge >= 0.3 is 0 Å². The molecule has 3 aliphatic heterocycles. The molecular formula is C48H36N2S. The van der Waals surface area contributed by atoms with Crippen molar-refractivity contribution in [3.8, 4) is 0 Å². The normalized spacial score (nSPS) is 26.7. The van der Waals surface area contributed by atoms with Gasteiger partial charge in [0.2, 0.25) is 0 Å². The lowest BCUT2D eigenvalue weighted by atomic mass is 9.77. The summed E-state index contributed by atoms with van der Waals surface area (Å²) in [6.45, 7) is 0. The third-order valence-corrected chi connectivity index (χ3v) is 13.4. The molecule has 0 aromatic heterocycles. The van der Waals surface area contributed by atoms with E-state index in [1.807, 2.05) is 12.1 Å². The molecule has 3 heterocycles. The van der Waals surface area contributed by atoms with Gasteiger partial charge in [-0.3, -0.25) is 0 Å². The number of allylic oxidation sites excluding steroid dienone is 17. The van der Waals surface area contributed by atoms with Crippen LogP contribution in [0, 0.1) is 36.1 Å². The molecule has 0 N–H and O–H groups in total. The number of nitrogens with zero attached hydrogens (tertiary/aromatic N) is 2. The highest BCUT2D eigenvalue weighted by molar-refractivity contribution is 8.04. The Kier molecular flexibility index (Phi) is 6.68. The van der Waals surface area contributed by atoms with Crippen molar-refractivity contribution in [3.63, 3.8) is 0 Å². The second kappa shape index (κ2) is 11.6. The zero-order valence-electron chi connectivity index (χ0n) is 28.4. The Morgan fingerprint density at radius 3 is 2.14 bits per heavy atom. The summed E-state index contributed by atoms with van der Waals surface area (Å²) < 4.78 is 0. The van der Waals surface area contributed by atoms with Crippen LogP contribution in [0.3, 0.4) is 0 Å². The van der Waals surface area contributed by atoms with Crippen molar-refractivity contribution in [2.45, 2.75) is 49.7 Å². The summed E-state index contributed by atoms with van der Waals surface area (Å²) in [7, 11) is 0. The van der Waals surface area contributed by atoms with Gasteiger partial charge in [-0.05, 0) is 138 Å². The lowest BCUT2D eigenvalue weighted by Crippen LogP contribution is -2.21. The second-order valence-electron chi connectivity index (χ2n) is 14.7. The SMILES string of the molecule is c1cccc(N2C3=CC=C(C4=CC5=C(CC4)C4C=CC=CC4S5)CC3C3=C2CCC(C2=CC=C4C(C2)c2ccccc2N4c2c#cccc2)=C3)c#1. The summed E-state index contributed by atoms with van der Waals surface area (Å²) in [4.78, 5) is 6.42. The molecule has 11 rings (SSSR count). The number of anilines is 3. The van der Waals surface area contributed by atoms with Crippen LogP contribution in [0.4, 0.5) is 17.1 Å². The number of hydrogen-bond donors (Lipinski definition) is 0. The van der Waals surface area contributed by atoms with Crippen molar-refractivity contribution in [1.29, 1.82) is 0 Å². The average Bonchev–Trinajstić information content (AvgIpc) is 3.85. The van der Waals surface area contributed by atoms with Crippen molar-refractivity contribution in [2.24, 2.45) is 11.8 Å².